The third-order valence-corrected chi connectivity index (χ3v) is 7.13. The van der Waals surface area contributed by atoms with Crippen molar-refractivity contribution in [1.29, 1.82) is 0 Å². The van der Waals surface area contributed by atoms with Gasteiger partial charge in [-0.15, -0.1) is 0 Å². The van der Waals surface area contributed by atoms with E-state index in [0.717, 1.165) is 24.2 Å². The van der Waals surface area contributed by atoms with E-state index in [1.807, 2.05) is 45.0 Å². The predicted molar refractivity (Wildman–Crippen MR) is 152 cm³/mol. The number of likely N-dealkylation sites (tertiary alicyclic amines) is 1. The van der Waals surface area contributed by atoms with Crippen LogP contribution in [-0.4, -0.2) is 57.7 Å². The minimum absolute atomic E-state index is 0.0492. The molecule has 1 atom stereocenters. The number of non-ortho nitro benzene ring substituents is 1. The van der Waals surface area contributed by atoms with E-state index in [1.54, 1.807) is 24.3 Å². The van der Waals surface area contributed by atoms with Gasteiger partial charge >= 0.3 is 0 Å². The molecule has 3 aromatic carbocycles. The fourth-order valence-corrected chi connectivity index (χ4v) is 4.86. The van der Waals surface area contributed by atoms with Gasteiger partial charge in [0.15, 0.2) is 0 Å². The second-order valence-corrected chi connectivity index (χ2v) is 9.67. The van der Waals surface area contributed by atoms with Crippen molar-refractivity contribution in [2.24, 2.45) is 0 Å². The lowest BCUT2D eigenvalue weighted by atomic mass is 9.95. The number of nitro groups is 1. The number of ketones is 1. The van der Waals surface area contributed by atoms with Gasteiger partial charge in [-0.3, -0.25) is 19.7 Å². The van der Waals surface area contributed by atoms with Crippen LogP contribution in [0.2, 0.25) is 0 Å². The van der Waals surface area contributed by atoms with Crippen molar-refractivity contribution in [2.75, 3.05) is 26.2 Å². The Morgan fingerprint density at radius 1 is 1.02 bits per heavy atom. The Morgan fingerprint density at radius 2 is 1.70 bits per heavy atom. The van der Waals surface area contributed by atoms with E-state index in [0.29, 0.717) is 30.0 Å². The molecule has 0 aromatic heterocycles. The fraction of sp³-hybridized carbons (Fsp3) is 0.290. The first-order valence-corrected chi connectivity index (χ1v) is 13.3. The zero-order valence-electron chi connectivity index (χ0n) is 22.9. The number of hydrogen-bond acceptors (Lipinski definition) is 7. The highest BCUT2D eigenvalue weighted by Gasteiger charge is 2.46. The van der Waals surface area contributed by atoms with Crippen LogP contribution in [0.4, 0.5) is 5.69 Å². The number of likely N-dealkylation sites (N-methyl/N-ethyl adjacent to an activating group) is 1. The molecule has 4 rings (SSSR count). The first kappa shape index (κ1) is 28.5. The van der Waals surface area contributed by atoms with Crippen LogP contribution >= 0.6 is 0 Å². The summed E-state index contributed by atoms with van der Waals surface area (Å²) in [7, 11) is 0. The Hall–Kier alpha value is -4.50. The number of ether oxygens (including phenoxy) is 1. The minimum atomic E-state index is -0.881. The molecule has 208 valence electrons. The van der Waals surface area contributed by atoms with E-state index < -0.39 is 22.7 Å². The number of aryl methyl sites for hydroxylation is 1. The molecule has 1 saturated heterocycles. The Kier molecular flexibility index (Phi) is 8.96. The first-order chi connectivity index (χ1) is 19.2. The third-order valence-electron chi connectivity index (χ3n) is 7.13. The van der Waals surface area contributed by atoms with Gasteiger partial charge in [0, 0.05) is 30.8 Å². The molecule has 0 radical (unpaired) electrons. The first-order valence-electron chi connectivity index (χ1n) is 13.3. The number of carbonyl (C=O) groups is 2. The topological polar surface area (TPSA) is 113 Å². The van der Waals surface area contributed by atoms with Crippen LogP contribution in [0.25, 0.3) is 5.76 Å². The Morgan fingerprint density at radius 3 is 2.30 bits per heavy atom. The van der Waals surface area contributed by atoms with E-state index in [1.165, 1.54) is 29.2 Å². The number of nitrogens with zero attached hydrogens (tertiary/aromatic N) is 3. The lowest BCUT2D eigenvalue weighted by molar-refractivity contribution is -0.384. The molecule has 1 fully saturated rings. The maximum atomic E-state index is 13.3. The number of Topliss-reactive ketones (excluding diaryl/α,β-unsaturated/α-hetero) is 1. The van der Waals surface area contributed by atoms with Gasteiger partial charge in [0.2, 0.25) is 0 Å². The summed E-state index contributed by atoms with van der Waals surface area (Å²) in [6.45, 7) is 8.78. The average Bonchev–Trinajstić information content (AvgIpc) is 3.21. The summed E-state index contributed by atoms with van der Waals surface area (Å²) in [4.78, 5) is 40.7. The van der Waals surface area contributed by atoms with Crippen molar-refractivity contribution >= 4 is 23.1 Å². The Labute approximate surface area is 233 Å². The Balaban J connectivity index is 1.65. The summed E-state index contributed by atoms with van der Waals surface area (Å²) in [5.74, 6) is -1.22. The van der Waals surface area contributed by atoms with Gasteiger partial charge in [0.05, 0.1) is 16.5 Å². The molecule has 9 heteroatoms. The summed E-state index contributed by atoms with van der Waals surface area (Å²) in [6.07, 6.45) is 0. The molecule has 0 bridgehead atoms. The maximum Gasteiger partial charge on any atom is 0.295 e. The summed E-state index contributed by atoms with van der Waals surface area (Å²) in [6, 6.07) is 19.5. The largest absolute Gasteiger partial charge is 0.507 e. The average molecular weight is 544 g/mol. The summed E-state index contributed by atoms with van der Waals surface area (Å²) in [5.41, 5.74) is 2.87. The predicted octanol–water partition coefficient (Wildman–Crippen LogP) is 5.25. The van der Waals surface area contributed by atoms with Crippen molar-refractivity contribution in [2.45, 2.75) is 33.4 Å². The maximum absolute atomic E-state index is 13.3. The molecular formula is C31H33N3O6. The van der Waals surface area contributed by atoms with Gasteiger partial charge in [0.25, 0.3) is 17.4 Å². The van der Waals surface area contributed by atoms with Crippen LogP contribution in [0, 0.1) is 17.0 Å². The van der Waals surface area contributed by atoms with E-state index >= 15 is 0 Å². The SMILES string of the molecule is CCN(CC)CCN1C(=O)C(=O)/C(=C(/O)c2ccc(OCc3cccc(C)c3)cc2)C1c1ccc([N+](=O)[O-])cc1. The lowest BCUT2D eigenvalue weighted by Gasteiger charge is -2.28. The Bertz CT molecular complexity index is 1410. The van der Waals surface area contributed by atoms with Crippen LogP contribution in [0.3, 0.4) is 0 Å². The van der Waals surface area contributed by atoms with Gasteiger partial charge in [-0.1, -0.05) is 43.7 Å². The molecule has 0 saturated carbocycles. The highest BCUT2D eigenvalue weighted by atomic mass is 16.6. The number of nitro benzene ring substituents is 1. The fourth-order valence-electron chi connectivity index (χ4n) is 4.86. The molecule has 3 aromatic rings. The molecule has 1 unspecified atom stereocenters. The molecule has 1 heterocycles. The molecule has 1 aliphatic heterocycles. The summed E-state index contributed by atoms with van der Waals surface area (Å²) >= 11 is 0. The number of carbonyl (C=O) groups excluding carboxylic acids is 2. The van der Waals surface area contributed by atoms with Crippen LogP contribution in [0.5, 0.6) is 5.75 Å². The number of benzene rings is 3. The van der Waals surface area contributed by atoms with Crippen LogP contribution in [0.1, 0.15) is 42.1 Å². The van der Waals surface area contributed by atoms with Gasteiger partial charge in [-0.05, 0) is 67.5 Å². The summed E-state index contributed by atoms with van der Waals surface area (Å²) in [5, 5.41) is 22.5. The van der Waals surface area contributed by atoms with Gasteiger partial charge in [-0.25, -0.2) is 0 Å². The van der Waals surface area contributed by atoms with E-state index in [9.17, 15) is 24.8 Å². The zero-order valence-corrected chi connectivity index (χ0v) is 22.9. The van der Waals surface area contributed by atoms with E-state index in [4.69, 9.17) is 4.74 Å². The van der Waals surface area contributed by atoms with Crippen molar-refractivity contribution < 1.29 is 24.4 Å². The smallest absolute Gasteiger partial charge is 0.295 e. The van der Waals surface area contributed by atoms with Crippen molar-refractivity contribution in [3.05, 3.63) is 111 Å². The van der Waals surface area contributed by atoms with Crippen molar-refractivity contribution in [3.8, 4) is 5.75 Å². The normalized spacial score (nSPS) is 16.5. The quantitative estimate of drug-likeness (QED) is 0.116. The van der Waals surface area contributed by atoms with Gasteiger partial charge in [-0.2, -0.15) is 0 Å². The number of aliphatic hydroxyl groups is 1. The molecule has 9 nitrogen and oxygen atoms in total. The monoisotopic (exact) mass is 543 g/mol. The van der Waals surface area contributed by atoms with E-state index in [-0.39, 0.29) is 23.6 Å². The van der Waals surface area contributed by atoms with Crippen LogP contribution in [0.15, 0.2) is 78.4 Å². The number of hydrogen-bond donors (Lipinski definition) is 1. The second-order valence-electron chi connectivity index (χ2n) is 9.67. The molecule has 1 aliphatic rings. The molecule has 40 heavy (non-hydrogen) atoms. The second kappa shape index (κ2) is 12.6. The zero-order chi connectivity index (χ0) is 28.8. The molecular weight excluding hydrogens is 510 g/mol. The standard InChI is InChI=1S/C31H33N3O6/c1-4-32(5-2)17-18-33-28(23-9-13-25(14-10-23)34(38)39)27(30(36)31(33)37)29(35)24-11-15-26(16-12-24)40-20-22-8-6-7-21(3)19-22/h6-16,19,28,35H,4-5,17-18,20H2,1-3H3/b29-27+. The van der Waals surface area contributed by atoms with Crippen LogP contribution < -0.4 is 4.74 Å². The van der Waals surface area contributed by atoms with Crippen molar-refractivity contribution in [3.63, 3.8) is 0 Å². The lowest BCUT2D eigenvalue weighted by Crippen LogP contribution is -2.38. The summed E-state index contributed by atoms with van der Waals surface area (Å²) < 4.78 is 5.87. The molecule has 1 amide bonds. The number of amides is 1. The molecule has 0 spiro atoms. The highest BCUT2D eigenvalue weighted by molar-refractivity contribution is 6.46. The van der Waals surface area contributed by atoms with Gasteiger partial charge < -0.3 is 19.6 Å². The number of rotatable bonds is 11. The van der Waals surface area contributed by atoms with Gasteiger partial charge in [0.1, 0.15) is 18.1 Å². The molecule has 1 N–H and O–H groups in total. The van der Waals surface area contributed by atoms with Crippen LogP contribution in [-0.2, 0) is 16.2 Å². The minimum Gasteiger partial charge on any atom is -0.507 e. The highest BCUT2D eigenvalue weighted by Crippen LogP contribution is 2.40. The third kappa shape index (κ3) is 6.21. The molecule has 0 aliphatic carbocycles. The van der Waals surface area contributed by atoms with Crippen molar-refractivity contribution in [1.82, 2.24) is 9.80 Å². The van der Waals surface area contributed by atoms with E-state index in [2.05, 4.69) is 4.90 Å². The number of aliphatic hydroxyl groups excluding tert-OH is 1.